The average molecular weight is 389 g/mol. The number of anilines is 3. The van der Waals surface area contributed by atoms with Gasteiger partial charge in [-0.2, -0.15) is 0 Å². The molecule has 0 unspecified atom stereocenters. The van der Waals surface area contributed by atoms with Gasteiger partial charge >= 0.3 is 0 Å². The Kier molecular flexibility index (Phi) is 6.19. The molecule has 0 saturated heterocycles. The van der Waals surface area contributed by atoms with Crippen LogP contribution >= 0.6 is 0 Å². The van der Waals surface area contributed by atoms with Crippen molar-refractivity contribution in [3.63, 3.8) is 0 Å². The second-order valence-corrected chi connectivity index (χ2v) is 6.72. The number of aromatic nitrogens is 2. The summed E-state index contributed by atoms with van der Waals surface area (Å²) < 4.78 is 0. The van der Waals surface area contributed by atoms with Crippen LogP contribution < -0.4 is 10.6 Å². The van der Waals surface area contributed by atoms with Gasteiger partial charge in [-0.05, 0) is 30.7 Å². The zero-order chi connectivity index (χ0) is 20.8. The molecule has 7 heteroatoms. The summed E-state index contributed by atoms with van der Waals surface area (Å²) in [7, 11) is 1.75. The van der Waals surface area contributed by atoms with Crippen molar-refractivity contribution >= 4 is 29.0 Å². The van der Waals surface area contributed by atoms with Crippen molar-refractivity contribution in [3.8, 4) is 0 Å². The number of hydrogen-bond donors (Lipinski definition) is 2. The molecule has 2 N–H and O–H groups in total. The van der Waals surface area contributed by atoms with Crippen LogP contribution in [0.5, 0.6) is 0 Å². The Hall–Kier alpha value is -3.74. The van der Waals surface area contributed by atoms with Gasteiger partial charge in [0.05, 0.1) is 0 Å². The molecule has 7 nitrogen and oxygen atoms in total. The van der Waals surface area contributed by atoms with E-state index in [1.165, 1.54) is 6.92 Å². The quantitative estimate of drug-likeness (QED) is 0.670. The third-order valence-electron chi connectivity index (χ3n) is 4.12. The first-order valence-electron chi connectivity index (χ1n) is 9.20. The van der Waals surface area contributed by atoms with Crippen molar-refractivity contribution in [1.82, 2.24) is 14.9 Å². The van der Waals surface area contributed by atoms with Crippen molar-refractivity contribution in [2.75, 3.05) is 17.7 Å². The molecule has 1 heterocycles. The van der Waals surface area contributed by atoms with Crippen LogP contribution in [0.15, 0.2) is 60.7 Å². The molecule has 0 radical (unpaired) electrons. The van der Waals surface area contributed by atoms with Gasteiger partial charge in [-0.25, -0.2) is 9.97 Å². The standard InChI is InChI=1S/C22H23N5O2/c1-15-23-20(22(29)27(3)14-17-8-5-4-6-9-17)13-21(24-15)26-19-11-7-10-18(12-19)25-16(2)28/h4-13H,14H2,1-3H3,(H,25,28)(H,23,24,26). The summed E-state index contributed by atoms with van der Waals surface area (Å²) in [6.45, 7) is 3.69. The fourth-order valence-electron chi connectivity index (χ4n) is 2.89. The van der Waals surface area contributed by atoms with Crippen molar-refractivity contribution < 1.29 is 9.59 Å². The minimum atomic E-state index is -0.186. The monoisotopic (exact) mass is 389 g/mol. The van der Waals surface area contributed by atoms with Crippen molar-refractivity contribution in [1.29, 1.82) is 0 Å². The van der Waals surface area contributed by atoms with Gasteiger partial charge in [0.25, 0.3) is 5.91 Å². The summed E-state index contributed by atoms with van der Waals surface area (Å²) in [6.07, 6.45) is 0. The maximum Gasteiger partial charge on any atom is 0.272 e. The zero-order valence-corrected chi connectivity index (χ0v) is 16.6. The first kappa shape index (κ1) is 20.0. The van der Waals surface area contributed by atoms with Gasteiger partial charge in [0.1, 0.15) is 17.3 Å². The highest BCUT2D eigenvalue weighted by Gasteiger charge is 2.16. The van der Waals surface area contributed by atoms with Crippen LogP contribution in [0, 0.1) is 6.92 Å². The minimum absolute atomic E-state index is 0.144. The molecule has 1 aromatic heterocycles. The van der Waals surface area contributed by atoms with Gasteiger partial charge in [-0.1, -0.05) is 36.4 Å². The van der Waals surface area contributed by atoms with Crippen LogP contribution in [-0.4, -0.2) is 33.7 Å². The summed E-state index contributed by atoms with van der Waals surface area (Å²) in [5.74, 6) is 0.669. The molecule has 0 atom stereocenters. The van der Waals surface area contributed by atoms with Gasteiger partial charge in [0.2, 0.25) is 5.91 Å². The fraction of sp³-hybridized carbons (Fsp3) is 0.182. The Bertz CT molecular complexity index is 1020. The SMILES string of the molecule is CC(=O)Nc1cccc(Nc2cc(C(=O)N(C)Cc3ccccc3)nc(C)n2)c1. The summed E-state index contributed by atoms with van der Waals surface area (Å²) in [5, 5.41) is 5.91. The summed E-state index contributed by atoms with van der Waals surface area (Å²) in [4.78, 5) is 34.4. The highest BCUT2D eigenvalue weighted by molar-refractivity contribution is 5.93. The summed E-state index contributed by atoms with van der Waals surface area (Å²) in [5.41, 5.74) is 2.77. The molecule has 0 aliphatic heterocycles. The van der Waals surface area contributed by atoms with E-state index in [4.69, 9.17) is 0 Å². The Labute approximate surface area is 169 Å². The predicted octanol–water partition coefficient (Wildman–Crippen LogP) is 3.76. The molecule has 148 valence electrons. The third kappa shape index (κ3) is 5.62. The van der Waals surface area contributed by atoms with Crippen molar-refractivity contribution in [2.45, 2.75) is 20.4 Å². The van der Waals surface area contributed by atoms with E-state index in [-0.39, 0.29) is 11.8 Å². The second kappa shape index (κ2) is 8.97. The Morgan fingerprint density at radius 2 is 1.69 bits per heavy atom. The molecule has 0 bridgehead atoms. The molecular formula is C22H23N5O2. The fourth-order valence-corrected chi connectivity index (χ4v) is 2.89. The van der Waals surface area contributed by atoms with Crippen LogP contribution in [0.3, 0.4) is 0 Å². The van der Waals surface area contributed by atoms with Gasteiger partial charge in [0, 0.05) is 38.0 Å². The lowest BCUT2D eigenvalue weighted by molar-refractivity contribution is -0.114. The van der Waals surface area contributed by atoms with E-state index in [9.17, 15) is 9.59 Å². The van der Waals surface area contributed by atoms with Gasteiger partial charge in [-0.15, -0.1) is 0 Å². The Balaban J connectivity index is 1.77. The van der Waals surface area contributed by atoms with Crippen LogP contribution in [-0.2, 0) is 11.3 Å². The maximum absolute atomic E-state index is 12.8. The first-order valence-corrected chi connectivity index (χ1v) is 9.20. The third-order valence-corrected chi connectivity index (χ3v) is 4.12. The molecule has 0 spiro atoms. The van der Waals surface area contributed by atoms with Crippen LogP contribution in [0.25, 0.3) is 0 Å². The normalized spacial score (nSPS) is 10.3. The average Bonchev–Trinajstić information content (AvgIpc) is 2.67. The van der Waals surface area contributed by atoms with Gasteiger partial charge < -0.3 is 15.5 Å². The topological polar surface area (TPSA) is 87.2 Å². The Morgan fingerprint density at radius 1 is 0.966 bits per heavy atom. The minimum Gasteiger partial charge on any atom is -0.340 e. The lowest BCUT2D eigenvalue weighted by atomic mass is 10.2. The number of aryl methyl sites for hydroxylation is 1. The van der Waals surface area contributed by atoms with E-state index in [1.807, 2.05) is 42.5 Å². The van der Waals surface area contributed by atoms with Crippen molar-refractivity contribution in [2.24, 2.45) is 0 Å². The zero-order valence-electron chi connectivity index (χ0n) is 16.6. The van der Waals surface area contributed by atoms with E-state index in [2.05, 4.69) is 20.6 Å². The summed E-state index contributed by atoms with van der Waals surface area (Å²) >= 11 is 0. The molecule has 29 heavy (non-hydrogen) atoms. The second-order valence-electron chi connectivity index (χ2n) is 6.72. The van der Waals surface area contributed by atoms with E-state index in [0.717, 1.165) is 11.3 Å². The number of carbonyl (C=O) groups is 2. The summed E-state index contributed by atoms with van der Waals surface area (Å²) in [6, 6.07) is 18.7. The molecule has 0 saturated carbocycles. The number of carbonyl (C=O) groups excluding carboxylic acids is 2. The van der Waals surface area contributed by atoms with E-state index < -0.39 is 0 Å². The first-order chi connectivity index (χ1) is 13.9. The van der Waals surface area contributed by atoms with Crippen LogP contribution in [0.2, 0.25) is 0 Å². The molecule has 3 rings (SSSR count). The number of nitrogens with zero attached hydrogens (tertiary/aromatic N) is 3. The maximum atomic E-state index is 12.8. The van der Waals surface area contributed by atoms with Gasteiger partial charge in [0.15, 0.2) is 0 Å². The largest absolute Gasteiger partial charge is 0.340 e. The highest BCUT2D eigenvalue weighted by atomic mass is 16.2. The highest BCUT2D eigenvalue weighted by Crippen LogP contribution is 2.20. The molecule has 0 aliphatic carbocycles. The molecule has 2 aromatic carbocycles. The number of nitrogens with one attached hydrogen (secondary N) is 2. The van der Waals surface area contributed by atoms with E-state index >= 15 is 0 Å². The Morgan fingerprint density at radius 3 is 2.41 bits per heavy atom. The molecule has 0 aliphatic rings. The van der Waals surface area contributed by atoms with Crippen LogP contribution in [0.1, 0.15) is 28.8 Å². The van der Waals surface area contributed by atoms with Gasteiger partial charge in [-0.3, -0.25) is 9.59 Å². The molecule has 0 fully saturated rings. The number of hydrogen-bond acceptors (Lipinski definition) is 5. The lowest BCUT2D eigenvalue weighted by Crippen LogP contribution is -2.27. The number of rotatable bonds is 6. The number of benzene rings is 2. The van der Waals surface area contributed by atoms with E-state index in [0.29, 0.717) is 29.6 Å². The predicted molar refractivity (Wildman–Crippen MR) is 113 cm³/mol. The molecule has 2 amide bonds. The molecular weight excluding hydrogens is 366 g/mol. The van der Waals surface area contributed by atoms with Crippen LogP contribution in [0.4, 0.5) is 17.2 Å². The molecule has 3 aromatic rings. The van der Waals surface area contributed by atoms with Crippen molar-refractivity contribution in [3.05, 3.63) is 77.7 Å². The number of amides is 2. The van der Waals surface area contributed by atoms with E-state index in [1.54, 1.807) is 37.1 Å². The smallest absolute Gasteiger partial charge is 0.272 e. The lowest BCUT2D eigenvalue weighted by Gasteiger charge is -2.17.